The van der Waals surface area contributed by atoms with Gasteiger partial charge < -0.3 is 4.42 Å². The van der Waals surface area contributed by atoms with Crippen LogP contribution in [0.4, 0.5) is 0 Å². The molecule has 3 heteroatoms. The summed E-state index contributed by atoms with van der Waals surface area (Å²) < 4.78 is 5.33. The third kappa shape index (κ3) is 3.29. The molecule has 1 aromatic carbocycles. The molecule has 0 saturated heterocycles. The van der Waals surface area contributed by atoms with Crippen molar-refractivity contribution in [3.05, 3.63) is 59.5 Å². The van der Waals surface area contributed by atoms with E-state index in [0.29, 0.717) is 12.3 Å². The average molecular weight is 229 g/mol. The number of nitrogens with zero attached hydrogens (tertiary/aromatic N) is 1. The number of aldehydes is 1. The van der Waals surface area contributed by atoms with Crippen molar-refractivity contribution >= 4 is 6.29 Å². The molecule has 3 nitrogen and oxygen atoms in total. The van der Waals surface area contributed by atoms with Crippen molar-refractivity contribution in [1.29, 1.82) is 0 Å². The van der Waals surface area contributed by atoms with E-state index in [9.17, 15) is 4.79 Å². The second-order valence-corrected chi connectivity index (χ2v) is 4.08. The zero-order chi connectivity index (χ0) is 12.1. The van der Waals surface area contributed by atoms with Crippen LogP contribution in [0.15, 0.2) is 46.9 Å². The van der Waals surface area contributed by atoms with E-state index in [1.165, 1.54) is 5.56 Å². The largest absolute Gasteiger partial charge is 0.457 e. The predicted octanol–water partition coefficient (Wildman–Crippen LogP) is 2.72. The molecule has 0 bridgehead atoms. The topological polar surface area (TPSA) is 33.5 Å². The van der Waals surface area contributed by atoms with Crippen LogP contribution >= 0.6 is 0 Å². The van der Waals surface area contributed by atoms with Crippen molar-refractivity contribution in [2.24, 2.45) is 0 Å². The lowest BCUT2D eigenvalue weighted by molar-refractivity contribution is 0.109. The third-order valence-corrected chi connectivity index (χ3v) is 2.52. The van der Waals surface area contributed by atoms with Crippen LogP contribution in [-0.2, 0) is 13.1 Å². The van der Waals surface area contributed by atoms with Crippen LogP contribution < -0.4 is 0 Å². The van der Waals surface area contributed by atoms with Gasteiger partial charge in [0, 0.05) is 6.54 Å². The maximum atomic E-state index is 10.5. The van der Waals surface area contributed by atoms with E-state index in [0.717, 1.165) is 18.6 Å². The quantitative estimate of drug-likeness (QED) is 0.739. The molecule has 0 aliphatic heterocycles. The van der Waals surface area contributed by atoms with Gasteiger partial charge in [0.05, 0.1) is 6.54 Å². The highest BCUT2D eigenvalue weighted by molar-refractivity contribution is 5.70. The van der Waals surface area contributed by atoms with Crippen molar-refractivity contribution in [1.82, 2.24) is 4.90 Å². The first-order valence-electron chi connectivity index (χ1n) is 5.54. The number of hydrogen-bond acceptors (Lipinski definition) is 3. The molecule has 0 aliphatic rings. The first kappa shape index (κ1) is 11.6. The van der Waals surface area contributed by atoms with Crippen LogP contribution in [0.5, 0.6) is 0 Å². The summed E-state index contributed by atoms with van der Waals surface area (Å²) in [5.41, 5.74) is 1.26. The lowest BCUT2D eigenvalue weighted by Crippen LogP contribution is -2.16. The van der Waals surface area contributed by atoms with Gasteiger partial charge in [-0.25, -0.2) is 0 Å². The Morgan fingerprint density at radius 1 is 1.12 bits per heavy atom. The molecule has 0 aliphatic carbocycles. The van der Waals surface area contributed by atoms with Gasteiger partial charge in [0.25, 0.3) is 0 Å². The van der Waals surface area contributed by atoms with Gasteiger partial charge in [-0.1, -0.05) is 30.3 Å². The summed E-state index contributed by atoms with van der Waals surface area (Å²) in [6.45, 7) is 1.56. The number of carbonyl (C=O) groups excluding carboxylic acids is 1. The number of rotatable bonds is 5. The smallest absolute Gasteiger partial charge is 0.185 e. The van der Waals surface area contributed by atoms with Crippen molar-refractivity contribution in [2.75, 3.05) is 7.05 Å². The summed E-state index contributed by atoms with van der Waals surface area (Å²) >= 11 is 0. The van der Waals surface area contributed by atoms with Gasteiger partial charge in [-0.15, -0.1) is 0 Å². The third-order valence-electron chi connectivity index (χ3n) is 2.52. The van der Waals surface area contributed by atoms with E-state index in [-0.39, 0.29) is 0 Å². The SMILES string of the molecule is CN(Cc1ccccc1)Cc1ccc(C=O)o1. The molecule has 0 fully saturated rings. The number of furan rings is 1. The summed E-state index contributed by atoms with van der Waals surface area (Å²) in [5, 5.41) is 0. The molecule has 0 saturated carbocycles. The maximum absolute atomic E-state index is 10.5. The van der Waals surface area contributed by atoms with E-state index in [1.54, 1.807) is 6.07 Å². The Labute approximate surface area is 101 Å². The molecule has 0 radical (unpaired) electrons. The van der Waals surface area contributed by atoms with Crippen LogP contribution in [0.2, 0.25) is 0 Å². The van der Waals surface area contributed by atoms with Gasteiger partial charge in [-0.2, -0.15) is 0 Å². The number of carbonyl (C=O) groups is 1. The van der Waals surface area contributed by atoms with Gasteiger partial charge in [0.1, 0.15) is 5.76 Å². The van der Waals surface area contributed by atoms with Gasteiger partial charge in [0.2, 0.25) is 0 Å². The van der Waals surface area contributed by atoms with Crippen molar-refractivity contribution < 1.29 is 9.21 Å². The highest BCUT2D eigenvalue weighted by Crippen LogP contribution is 2.10. The Hall–Kier alpha value is -1.87. The zero-order valence-corrected chi connectivity index (χ0v) is 9.80. The highest BCUT2D eigenvalue weighted by Gasteiger charge is 2.05. The van der Waals surface area contributed by atoms with Crippen molar-refractivity contribution in [3.63, 3.8) is 0 Å². The molecular formula is C14H15NO2. The average Bonchev–Trinajstić information content (AvgIpc) is 2.78. The molecule has 1 aromatic heterocycles. The van der Waals surface area contributed by atoms with Gasteiger partial charge >= 0.3 is 0 Å². The van der Waals surface area contributed by atoms with Crippen LogP contribution in [0.25, 0.3) is 0 Å². The highest BCUT2D eigenvalue weighted by atomic mass is 16.3. The van der Waals surface area contributed by atoms with Crippen LogP contribution in [0.1, 0.15) is 21.9 Å². The molecule has 2 aromatic rings. The van der Waals surface area contributed by atoms with E-state index in [1.807, 2.05) is 31.3 Å². The fraction of sp³-hybridized carbons (Fsp3) is 0.214. The zero-order valence-electron chi connectivity index (χ0n) is 9.80. The first-order chi connectivity index (χ1) is 8.28. The monoisotopic (exact) mass is 229 g/mol. The molecule has 88 valence electrons. The molecule has 17 heavy (non-hydrogen) atoms. The second-order valence-electron chi connectivity index (χ2n) is 4.08. The Balaban J connectivity index is 1.93. The summed E-state index contributed by atoms with van der Waals surface area (Å²) in [6.07, 6.45) is 0.723. The normalized spacial score (nSPS) is 10.7. The Bertz CT molecular complexity index is 476. The van der Waals surface area contributed by atoms with Gasteiger partial charge in [-0.05, 0) is 24.7 Å². The summed E-state index contributed by atoms with van der Waals surface area (Å²) in [5.74, 6) is 1.19. The molecule has 0 N–H and O–H groups in total. The fourth-order valence-electron chi connectivity index (χ4n) is 1.76. The van der Waals surface area contributed by atoms with Gasteiger partial charge in [-0.3, -0.25) is 9.69 Å². The molecule has 1 heterocycles. The predicted molar refractivity (Wildman–Crippen MR) is 65.7 cm³/mol. The second kappa shape index (κ2) is 5.46. The Kier molecular flexibility index (Phi) is 3.73. The van der Waals surface area contributed by atoms with E-state index >= 15 is 0 Å². The fourth-order valence-corrected chi connectivity index (χ4v) is 1.76. The van der Waals surface area contributed by atoms with Crippen molar-refractivity contribution in [2.45, 2.75) is 13.1 Å². The summed E-state index contributed by atoms with van der Waals surface area (Å²) in [7, 11) is 2.02. The molecule has 0 spiro atoms. The number of benzene rings is 1. The van der Waals surface area contributed by atoms with E-state index < -0.39 is 0 Å². The molecule has 2 rings (SSSR count). The summed E-state index contributed by atoms with van der Waals surface area (Å²) in [6, 6.07) is 13.8. The minimum absolute atomic E-state index is 0.383. The molecule has 0 unspecified atom stereocenters. The van der Waals surface area contributed by atoms with Crippen LogP contribution in [0.3, 0.4) is 0 Å². The van der Waals surface area contributed by atoms with Crippen LogP contribution in [-0.4, -0.2) is 18.2 Å². The van der Waals surface area contributed by atoms with Crippen molar-refractivity contribution in [3.8, 4) is 0 Å². The minimum atomic E-state index is 0.383. The lowest BCUT2D eigenvalue weighted by atomic mass is 10.2. The minimum Gasteiger partial charge on any atom is -0.457 e. The standard InChI is InChI=1S/C14H15NO2/c1-15(9-12-5-3-2-4-6-12)10-13-7-8-14(11-16)17-13/h2-8,11H,9-10H2,1H3. The molecule has 0 atom stereocenters. The lowest BCUT2D eigenvalue weighted by Gasteiger charge is -2.14. The maximum Gasteiger partial charge on any atom is 0.185 e. The number of hydrogen-bond donors (Lipinski definition) is 0. The van der Waals surface area contributed by atoms with E-state index in [2.05, 4.69) is 17.0 Å². The molecular weight excluding hydrogens is 214 g/mol. The first-order valence-corrected chi connectivity index (χ1v) is 5.54. The Morgan fingerprint density at radius 2 is 1.88 bits per heavy atom. The Morgan fingerprint density at radius 3 is 2.53 bits per heavy atom. The molecule has 0 amide bonds. The van der Waals surface area contributed by atoms with Crippen LogP contribution in [0, 0.1) is 0 Å². The summed E-state index contributed by atoms with van der Waals surface area (Å²) in [4.78, 5) is 12.6. The van der Waals surface area contributed by atoms with Gasteiger partial charge in [0.15, 0.2) is 12.0 Å². The van der Waals surface area contributed by atoms with E-state index in [4.69, 9.17) is 4.42 Å².